The Morgan fingerprint density at radius 2 is 2.05 bits per heavy atom. The van der Waals surface area contributed by atoms with E-state index in [1.54, 1.807) is 19.2 Å². The molecule has 3 nitrogen and oxygen atoms in total. The summed E-state index contributed by atoms with van der Waals surface area (Å²) in [6.07, 6.45) is -2.51. The van der Waals surface area contributed by atoms with E-state index in [0.717, 1.165) is 18.4 Å². The van der Waals surface area contributed by atoms with Crippen molar-refractivity contribution in [3.05, 3.63) is 29.8 Å². The van der Waals surface area contributed by atoms with E-state index in [9.17, 15) is 13.2 Å². The van der Waals surface area contributed by atoms with Crippen molar-refractivity contribution in [3.8, 4) is 5.75 Å². The zero-order valence-corrected chi connectivity index (χ0v) is 12.1. The van der Waals surface area contributed by atoms with Crippen molar-refractivity contribution in [2.45, 2.75) is 38.3 Å². The first-order valence-corrected chi connectivity index (χ1v) is 7.09. The summed E-state index contributed by atoms with van der Waals surface area (Å²) in [4.78, 5) is 0. The molecule has 2 atom stereocenters. The first-order chi connectivity index (χ1) is 9.94. The van der Waals surface area contributed by atoms with Crippen molar-refractivity contribution in [3.63, 3.8) is 0 Å². The molecular weight excluding hydrogens is 283 g/mol. The highest BCUT2D eigenvalue weighted by Gasteiger charge is 2.38. The molecule has 1 fully saturated rings. The standard InChI is InChI=1S/C15H20F3NO2/c1-3-20-14(10-7-8-10)13(19-2)11-5-4-6-12(9-11)21-15(16,17)18/h4-6,9-10,13-14,19H,3,7-8H2,1-2H3. The predicted octanol–water partition coefficient (Wildman–Crippen LogP) is 3.66. The first kappa shape index (κ1) is 16.1. The molecule has 1 aliphatic rings. The van der Waals surface area contributed by atoms with E-state index in [-0.39, 0.29) is 17.9 Å². The van der Waals surface area contributed by atoms with Gasteiger partial charge in [0.15, 0.2) is 0 Å². The summed E-state index contributed by atoms with van der Waals surface area (Å²) < 4.78 is 46.7. The molecule has 2 unspecified atom stereocenters. The van der Waals surface area contributed by atoms with Crippen molar-refractivity contribution in [1.29, 1.82) is 0 Å². The number of likely N-dealkylation sites (N-methyl/N-ethyl adjacent to an activating group) is 1. The van der Waals surface area contributed by atoms with Crippen LogP contribution in [0.15, 0.2) is 24.3 Å². The largest absolute Gasteiger partial charge is 0.573 e. The molecule has 2 rings (SSSR count). The summed E-state index contributed by atoms with van der Waals surface area (Å²) in [5.41, 5.74) is 0.740. The SMILES string of the molecule is CCOC(C1CC1)C(NC)c1cccc(OC(F)(F)F)c1. The van der Waals surface area contributed by atoms with Gasteiger partial charge in [-0.3, -0.25) is 0 Å². The molecule has 0 amide bonds. The Morgan fingerprint density at radius 3 is 2.57 bits per heavy atom. The maximum absolute atomic E-state index is 12.3. The Balaban J connectivity index is 2.18. The summed E-state index contributed by atoms with van der Waals surface area (Å²) in [6.45, 7) is 2.50. The zero-order chi connectivity index (χ0) is 15.5. The Kier molecular flexibility index (Phi) is 5.11. The number of hydrogen-bond acceptors (Lipinski definition) is 3. The molecule has 0 saturated heterocycles. The molecular formula is C15H20F3NO2. The van der Waals surface area contributed by atoms with Crippen LogP contribution in [0, 0.1) is 5.92 Å². The normalized spacial score (nSPS) is 18.3. The Hall–Kier alpha value is -1.27. The Morgan fingerprint density at radius 1 is 1.33 bits per heavy atom. The lowest BCUT2D eigenvalue weighted by atomic mass is 9.98. The molecule has 0 radical (unpaired) electrons. The number of halogens is 3. The van der Waals surface area contributed by atoms with E-state index in [4.69, 9.17) is 4.74 Å². The van der Waals surface area contributed by atoms with Gasteiger partial charge in [0, 0.05) is 6.61 Å². The van der Waals surface area contributed by atoms with Crippen LogP contribution < -0.4 is 10.1 Å². The van der Waals surface area contributed by atoms with E-state index in [0.29, 0.717) is 12.5 Å². The topological polar surface area (TPSA) is 30.5 Å². The molecule has 0 spiro atoms. The molecule has 1 aliphatic carbocycles. The maximum atomic E-state index is 12.3. The maximum Gasteiger partial charge on any atom is 0.573 e. The summed E-state index contributed by atoms with van der Waals surface area (Å²) in [7, 11) is 1.79. The average Bonchev–Trinajstić information content (AvgIpc) is 3.21. The van der Waals surface area contributed by atoms with Crippen LogP contribution in [0.1, 0.15) is 31.4 Å². The molecule has 1 aromatic carbocycles. The third kappa shape index (κ3) is 4.61. The lowest BCUT2D eigenvalue weighted by Gasteiger charge is -2.27. The fourth-order valence-electron chi connectivity index (χ4n) is 2.55. The quantitative estimate of drug-likeness (QED) is 0.834. The Bertz CT molecular complexity index is 460. The first-order valence-electron chi connectivity index (χ1n) is 7.09. The number of benzene rings is 1. The number of alkyl halides is 3. The van der Waals surface area contributed by atoms with Crippen LogP contribution >= 0.6 is 0 Å². The van der Waals surface area contributed by atoms with Crippen LogP contribution in [0.5, 0.6) is 5.75 Å². The number of nitrogens with one attached hydrogen (secondary N) is 1. The molecule has 1 saturated carbocycles. The minimum atomic E-state index is -4.68. The van der Waals surface area contributed by atoms with Gasteiger partial charge in [-0.1, -0.05) is 12.1 Å². The number of rotatable bonds is 7. The summed E-state index contributed by atoms with van der Waals surface area (Å²) in [5, 5.41) is 3.15. The number of hydrogen-bond donors (Lipinski definition) is 1. The molecule has 21 heavy (non-hydrogen) atoms. The second-order valence-corrected chi connectivity index (χ2v) is 5.14. The molecule has 0 heterocycles. The molecule has 6 heteroatoms. The zero-order valence-electron chi connectivity index (χ0n) is 12.1. The van der Waals surface area contributed by atoms with Gasteiger partial charge in [-0.15, -0.1) is 13.2 Å². The minimum absolute atomic E-state index is 0.0267. The second kappa shape index (κ2) is 6.66. The van der Waals surface area contributed by atoms with E-state index >= 15 is 0 Å². The monoisotopic (exact) mass is 303 g/mol. The van der Waals surface area contributed by atoms with Gasteiger partial charge in [0.1, 0.15) is 5.75 Å². The van der Waals surface area contributed by atoms with Crippen LogP contribution in [0.4, 0.5) is 13.2 Å². The lowest BCUT2D eigenvalue weighted by Crippen LogP contribution is -2.33. The predicted molar refractivity (Wildman–Crippen MR) is 73.1 cm³/mol. The van der Waals surface area contributed by atoms with Gasteiger partial charge in [-0.25, -0.2) is 0 Å². The lowest BCUT2D eigenvalue weighted by molar-refractivity contribution is -0.274. The van der Waals surface area contributed by atoms with Crippen molar-refractivity contribution >= 4 is 0 Å². The van der Waals surface area contributed by atoms with Gasteiger partial charge in [0.25, 0.3) is 0 Å². The summed E-state index contributed by atoms with van der Waals surface area (Å²) in [5.74, 6) is 0.265. The van der Waals surface area contributed by atoms with Gasteiger partial charge in [-0.2, -0.15) is 0 Å². The highest BCUT2D eigenvalue weighted by molar-refractivity contribution is 5.31. The van der Waals surface area contributed by atoms with Crippen molar-refractivity contribution < 1.29 is 22.6 Å². The summed E-state index contributed by atoms with van der Waals surface area (Å²) in [6, 6.07) is 5.93. The third-order valence-corrected chi connectivity index (χ3v) is 3.54. The van der Waals surface area contributed by atoms with Crippen LogP contribution in [0.25, 0.3) is 0 Å². The molecule has 1 aromatic rings. The van der Waals surface area contributed by atoms with Gasteiger partial charge in [0.2, 0.25) is 0 Å². The van der Waals surface area contributed by atoms with Crippen LogP contribution in [0.3, 0.4) is 0 Å². The molecule has 0 bridgehead atoms. The third-order valence-electron chi connectivity index (χ3n) is 3.54. The number of ether oxygens (including phenoxy) is 2. The fourth-order valence-corrected chi connectivity index (χ4v) is 2.55. The fraction of sp³-hybridized carbons (Fsp3) is 0.600. The van der Waals surface area contributed by atoms with Crippen LogP contribution in [-0.4, -0.2) is 26.1 Å². The van der Waals surface area contributed by atoms with Gasteiger partial charge < -0.3 is 14.8 Å². The molecule has 118 valence electrons. The highest BCUT2D eigenvalue weighted by atomic mass is 19.4. The van der Waals surface area contributed by atoms with E-state index < -0.39 is 6.36 Å². The van der Waals surface area contributed by atoms with Gasteiger partial charge >= 0.3 is 6.36 Å². The van der Waals surface area contributed by atoms with Crippen molar-refractivity contribution in [2.75, 3.05) is 13.7 Å². The van der Waals surface area contributed by atoms with Crippen LogP contribution in [0.2, 0.25) is 0 Å². The summed E-state index contributed by atoms with van der Waals surface area (Å²) >= 11 is 0. The second-order valence-electron chi connectivity index (χ2n) is 5.14. The van der Waals surface area contributed by atoms with E-state index in [1.807, 2.05) is 6.92 Å². The van der Waals surface area contributed by atoms with Crippen molar-refractivity contribution in [2.24, 2.45) is 5.92 Å². The highest BCUT2D eigenvalue weighted by Crippen LogP contribution is 2.40. The minimum Gasteiger partial charge on any atom is -0.406 e. The average molecular weight is 303 g/mol. The van der Waals surface area contributed by atoms with Crippen molar-refractivity contribution in [1.82, 2.24) is 5.32 Å². The molecule has 0 aromatic heterocycles. The Labute approximate surface area is 122 Å². The van der Waals surface area contributed by atoms with E-state index in [2.05, 4.69) is 10.1 Å². The van der Waals surface area contributed by atoms with E-state index in [1.165, 1.54) is 12.1 Å². The smallest absolute Gasteiger partial charge is 0.406 e. The molecule has 1 N–H and O–H groups in total. The van der Waals surface area contributed by atoms with Gasteiger partial charge in [-0.05, 0) is 50.4 Å². The molecule has 0 aliphatic heterocycles. The van der Waals surface area contributed by atoms with Crippen LogP contribution in [-0.2, 0) is 4.74 Å². The van der Waals surface area contributed by atoms with Gasteiger partial charge in [0.05, 0.1) is 12.1 Å².